The molecular weight excluding hydrogens is 240 g/mol. The highest BCUT2D eigenvalue weighted by Gasteiger charge is 2.09. The fraction of sp³-hybridized carbons (Fsp3) is 0.333. The fourth-order valence-electron chi connectivity index (χ4n) is 1.32. The van der Waals surface area contributed by atoms with Gasteiger partial charge in [0.2, 0.25) is 5.13 Å². The Bertz CT molecular complexity index is 454. The zero-order valence-electron chi connectivity index (χ0n) is 9.20. The van der Waals surface area contributed by atoms with Gasteiger partial charge in [-0.05, 0) is 13.0 Å². The number of rotatable bonds is 4. The van der Waals surface area contributed by atoms with Crippen LogP contribution in [-0.4, -0.2) is 32.1 Å². The summed E-state index contributed by atoms with van der Waals surface area (Å²) < 4.78 is 1.76. The summed E-state index contributed by atoms with van der Waals surface area (Å²) >= 11 is 1.27. The Hall–Kier alpha value is -1.96. The van der Waals surface area contributed by atoms with Crippen molar-refractivity contribution in [3.63, 3.8) is 0 Å². The summed E-state index contributed by atoms with van der Waals surface area (Å²) in [6, 6.07) is 1.53. The molecular formula is C9H12N6OS. The standard InChI is InChI=1S/C9H12N6OS/c1-7(5-15-4-2-3-11-15)12-8(16)13-9-14-10-6-17-9/h2-4,6-7H,5H2,1H3,(H2,12,13,14,16)/t7-/m1/s1. The van der Waals surface area contributed by atoms with Gasteiger partial charge in [-0.3, -0.25) is 10.00 Å². The number of aromatic nitrogens is 4. The first kappa shape index (κ1) is 11.5. The molecule has 17 heavy (non-hydrogen) atoms. The minimum absolute atomic E-state index is 0.0252. The lowest BCUT2D eigenvalue weighted by Gasteiger charge is -2.13. The fourth-order valence-corrected chi connectivity index (χ4v) is 1.76. The summed E-state index contributed by atoms with van der Waals surface area (Å²) in [6.45, 7) is 2.53. The summed E-state index contributed by atoms with van der Waals surface area (Å²) in [5, 5.41) is 17.3. The highest BCUT2D eigenvalue weighted by molar-refractivity contribution is 7.13. The lowest BCUT2D eigenvalue weighted by atomic mass is 10.3. The Balaban J connectivity index is 1.78. The van der Waals surface area contributed by atoms with E-state index in [-0.39, 0.29) is 12.1 Å². The van der Waals surface area contributed by atoms with E-state index in [2.05, 4.69) is 25.9 Å². The molecule has 7 nitrogen and oxygen atoms in total. The van der Waals surface area contributed by atoms with E-state index >= 15 is 0 Å². The zero-order valence-corrected chi connectivity index (χ0v) is 10.0. The van der Waals surface area contributed by atoms with E-state index < -0.39 is 0 Å². The first-order chi connectivity index (χ1) is 8.24. The zero-order chi connectivity index (χ0) is 12.1. The summed E-state index contributed by atoms with van der Waals surface area (Å²) in [4.78, 5) is 11.5. The number of hydrogen-bond acceptors (Lipinski definition) is 5. The van der Waals surface area contributed by atoms with Gasteiger partial charge >= 0.3 is 6.03 Å². The van der Waals surface area contributed by atoms with Crippen LogP contribution < -0.4 is 10.6 Å². The van der Waals surface area contributed by atoms with Crippen molar-refractivity contribution in [1.82, 2.24) is 25.3 Å². The average Bonchev–Trinajstić information content (AvgIpc) is 2.90. The van der Waals surface area contributed by atoms with Crippen LogP contribution in [0.15, 0.2) is 24.0 Å². The maximum Gasteiger partial charge on any atom is 0.321 e. The van der Waals surface area contributed by atoms with Crippen molar-refractivity contribution < 1.29 is 4.79 Å². The largest absolute Gasteiger partial charge is 0.333 e. The number of nitrogens with zero attached hydrogens (tertiary/aromatic N) is 4. The molecule has 2 amide bonds. The Morgan fingerprint density at radius 3 is 3.18 bits per heavy atom. The monoisotopic (exact) mass is 252 g/mol. The van der Waals surface area contributed by atoms with Crippen LogP contribution in [0.3, 0.4) is 0 Å². The molecule has 0 aliphatic rings. The molecule has 0 unspecified atom stereocenters. The third-order valence-corrected chi connectivity index (χ3v) is 2.58. The van der Waals surface area contributed by atoms with E-state index in [0.717, 1.165) is 0 Å². The van der Waals surface area contributed by atoms with Gasteiger partial charge in [0, 0.05) is 18.4 Å². The summed E-state index contributed by atoms with van der Waals surface area (Å²) in [7, 11) is 0. The first-order valence-corrected chi connectivity index (χ1v) is 5.93. The molecule has 2 aromatic heterocycles. The molecule has 2 N–H and O–H groups in total. The average molecular weight is 252 g/mol. The van der Waals surface area contributed by atoms with Crippen LogP contribution in [0.4, 0.5) is 9.93 Å². The summed E-state index contributed by atoms with van der Waals surface area (Å²) in [5.74, 6) is 0. The summed E-state index contributed by atoms with van der Waals surface area (Å²) in [5.41, 5.74) is 1.56. The van der Waals surface area contributed by atoms with Crippen molar-refractivity contribution in [1.29, 1.82) is 0 Å². The number of amides is 2. The Morgan fingerprint density at radius 2 is 2.53 bits per heavy atom. The van der Waals surface area contributed by atoms with Gasteiger partial charge in [0.1, 0.15) is 5.51 Å². The molecule has 0 bridgehead atoms. The smallest absolute Gasteiger partial charge is 0.321 e. The first-order valence-electron chi connectivity index (χ1n) is 5.05. The topological polar surface area (TPSA) is 84.7 Å². The van der Waals surface area contributed by atoms with Crippen molar-refractivity contribution in [2.24, 2.45) is 0 Å². The molecule has 0 aliphatic carbocycles. The number of anilines is 1. The predicted octanol–water partition coefficient (Wildman–Crippen LogP) is 0.945. The van der Waals surface area contributed by atoms with E-state index in [1.54, 1.807) is 16.4 Å². The molecule has 0 saturated heterocycles. The quantitative estimate of drug-likeness (QED) is 0.848. The third kappa shape index (κ3) is 3.52. The van der Waals surface area contributed by atoms with Crippen molar-refractivity contribution in [2.75, 3.05) is 5.32 Å². The molecule has 2 rings (SSSR count). The molecule has 90 valence electrons. The van der Waals surface area contributed by atoms with Gasteiger partial charge in [0.05, 0.1) is 6.54 Å². The summed E-state index contributed by atoms with van der Waals surface area (Å²) in [6.07, 6.45) is 3.55. The lowest BCUT2D eigenvalue weighted by Crippen LogP contribution is -2.38. The highest BCUT2D eigenvalue weighted by atomic mass is 32.1. The lowest BCUT2D eigenvalue weighted by molar-refractivity contribution is 0.247. The Morgan fingerprint density at radius 1 is 1.65 bits per heavy atom. The normalized spacial score (nSPS) is 12.1. The maximum absolute atomic E-state index is 11.5. The minimum Gasteiger partial charge on any atom is -0.333 e. The number of carbonyl (C=O) groups excluding carboxylic acids is 1. The van der Waals surface area contributed by atoms with Gasteiger partial charge in [0.15, 0.2) is 0 Å². The molecule has 0 spiro atoms. The van der Waals surface area contributed by atoms with Gasteiger partial charge in [-0.1, -0.05) is 11.3 Å². The maximum atomic E-state index is 11.5. The van der Waals surface area contributed by atoms with Crippen molar-refractivity contribution in [3.8, 4) is 0 Å². The van der Waals surface area contributed by atoms with E-state index in [1.165, 1.54) is 11.3 Å². The van der Waals surface area contributed by atoms with E-state index in [1.807, 2.05) is 19.2 Å². The minimum atomic E-state index is -0.290. The van der Waals surface area contributed by atoms with Crippen LogP contribution in [0.25, 0.3) is 0 Å². The molecule has 0 saturated carbocycles. The Labute approximate surface area is 102 Å². The SMILES string of the molecule is C[C@H](Cn1cccn1)NC(=O)Nc1nncs1. The molecule has 2 aromatic rings. The van der Waals surface area contributed by atoms with Gasteiger partial charge in [-0.15, -0.1) is 10.2 Å². The number of hydrogen-bond donors (Lipinski definition) is 2. The van der Waals surface area contributed by atoms with Crippen LogP contribution in [-0.2, 0) is 6.54 Å². The molecule has 0 fully saturated rings. The number of carbonyl (C=O) groups is 1. The van der Waals surface area contributed by atoms with Gasteiger partial charge in [-0.25, -0.2) is 4.79 Å². The second-order valence-electron chi connectivity index (χ2n) is 3.47. The van der Waals surface area contributed by atoms with E-state index in [4.69, 9.17) is 0 Å². The van der Waals surface area contributed by atoms with Crippen molar-refractivity contribution in [2.45, 2.75) is 19.5 Å². The second-order valence-corrected chi connectivity index (χ2v) is 4.30. The van der Waals surface area contributed by atoms with E-state index in [9.17, 15) is 4.79 Å². The van der Waals surface area contributed by atoms with Gasteiger partial charge in [-0.2, -0.15) is 5.10 Å². The van der Waals surface area contributed by atoms with Crippen LogP contribution >= 0.6 is 11.3 Å². The molecule has 2 heterocycles. The number of nitrogens with one attached hydrogen (secondary N) is 2. The Kier molecular flexibility index (Phi) is 3.66. The second kappa shape index (κ2) is 5.39. The third-order valence-electron chi connectivity index (χ3n) is 1.98. The van der Waals surface area contributed by atoms with Crippen LogP contribution in [0.5, 0.6) is 0 Å². The predicted molar refractivity (Wildman–Crippen MR) is 63.8 cm³/mol. The van der Waals surface area contributed by atoms with Gasteiger partial charge < -0.3 is 5.32 Å². The van der Waals surface area contributed by atoms with Crippen LogP contribution in [0, 0.1) is 0 Å². The van der Waals surface area contributed by atoms with E-state index in [0.29, 0.717) is 11.7 Å². The van der Waals surface area contributed by atoms with Crippen LogP contribution in [0.2, 0.25) is 0 Å². The molecule has 0 aromatic carbocycles. The number of urea groups is 1. The van der Waals surface area contributed by atoms with Crippen LogP contribution in [0.1, 0.15) is 6.92 Å². The highest BCUT2D eigenvalue weighted by Crippen LogP contribution is 2.07. The van der Waals surface area contributed by atoms with Gasteiger partial charge in [0.25, 0.3) is 0 Å². The molecule has 0 radical (unpaired) electrons. The van der Waals surface area contributed by atoms with Crippen molar-refractivity contribution in [3.05, 3.63) is 24.0 Å². The molecule has 1 atom stereocenters. The van der Waals surface area contributed by atoms with Crippen molar-refractivity contribution >= 4 is 22.5 Å². The molecule has 0 aliphatic heterocycles. The molecule has 8 heteroatoms.